The van der Waals surface area contributed by atoms with Gasteiger partial charge >= 0.3 is 0 Å². The molecule has 0 radical (unpaired) electrons. The monoisotopic (exact) mass is 288 g/mol. The zero-order valence-electron chi connectivity index (χ0n) is 10.7. The van der Waals surface area contributed by atoms with Gasteiger partial charge < -0.3 is 5.73 Å². The average molecular weight is 289 g/mol. The molecule has 100 valence electrons. The summed E-state index contributed by atoms with van der Waals surface area (Å²) in [7, 11) is 0. The predicted octanol–water partition coefficient (Wildman–Crippen LogP) is 3.15. The summed E-state index contributed by atoms with van der Waals surface area (Å²) >= 11 is 12.1. The van der Waals surface area contributed by atoms with E-state index in [1.54, 1.807) is 6.07 Å². The number of hydrogen-bond donors (Lipinski definition) is 2. The van der Waals surface area contributed by atoms with Gasteiger partial charge in [0, 0.05) is 6.04 Å². The van der Waals surface area contributed by atoms with Crippen molar-refractivity contribution in [1.82, 2.24) is 5.32 Å². The molecule has 0 saturated heterocycles. The van der Waals surface area contributed by atoms with Crippen molar-refractivity contribution in [2.75, 3.05) is 0 Å². The largest absolute Gasteiger partial charge is 0.368 e. The van der Waals surface area contributed by atoms with Crippen LogP contribution in [-0.2, 0) is 4.79 Å². The Bertz CT molecular complexity index is 435. The number of amides is 1. The second kappa shape index (κ2) is 6.41. The van der Waals surface area contributed by atoms with Crippen LogP contribution < -0.4 is 11.1 Å². The van der Waals surface area contributed by atoms with Crippen molar-refractivity contribution in [2.45, 2.75) is 32.9 Å². The summed E-state index contributed by atoms with van der Waals surface area (Å²) in [6.07, 6.45) is 0. The Morgan fingerprint density at radius 1 is 1.28 bits per heavy atom. The number of benzene rings is 1. The molecular formula is C13H18Cl2N2O. The van der Waals surface area contributed by atoms with E-state index in [9.17, 15) is 4.79 Å². The van der Waals surface area contributed by atoms with Gasteiger partial charge in [0.25, 0.3) is 0 Å². The van der Waals surface area contributed by atoms with Gasteiger partial charge in [-0.25, -0.2) is 0 Å². The molecule has 2 unspecified atom stereocenters. The molecule has 0 spiro atoms. The molecule has 0 bridgehead atoms. The summed E-state index contributed by atoms with van der Waals surface area (Å²) in [6.45, 7) is 5.80. The van der Waals surface area contributed by atoms with Crippen LogP contribution in [0.2, 0.25) is 10.0 Å². The molecule has 0 saturated carbocycles. The number of hydrogen-bond acceptors (Lipinski definition) is 2. The Balaban J connectivity index is 2.90. The van der Waals surface area contributed by atoms with Gasteiger partial charge in [-0.1, -0.05) is 49.2 Å². The van der Waals surface area contributed by atoms with Crippen molar-refractivity contribution >= 4 is 29.1 Å². The number of primary amides is 1. The van der Waals surface area contributed by atoms with Crippen LogP contribution in [-0.4, -0.2) is 11.9 Å². The minimum Gasteiger partial charge on any atom is -0.368 e. The summed E-state index contributed by atoms with van der Waals surface area (Å²) in [5.41, 5.74) is 6.23. The van der Waals surface area contributed by atoms with Crippen molar-refractivity contribution < 1.29 is 4.79 Å². The molecule has 5 heteroatoms. The van der Waals surface area contributed by atoms with Gasteiger partial charge in [-0.15, -0.1) is 0 Å². The SMILES string of the molecule is CC(NC(C(N)=O)C(C)C)c1cccc(Cl)c1Cl. The Kier molecular flexibility index (Phi) is 5.45. The molecule has 3 nitrogen and oxygen atoms in total. The second-order valence-electron chi connectivity index (χ2n) is 4.66. The highest BCUT2D eigenvalue weighted by atomic mass is 35.5. The van der Waals surface area contributed by atoms with Crippen LogP contribution >= 0.6 is 23.2 Å². The number of carbonyl (C=O) groups excluding carboxylic acids is 1. The number of nitrogens with two attached hydrogens (primary N) is 1. The maximum atomic E-state index is 11.4. The van der Waals surface area contributed by atoms with Crippen LogP contribution in [0.3, 0.4) is 0 Å². The first-order valence-corrected chi connectivity index (χ1v) is 6.59. The molecule has 1 aromatic rings. The lowest BCUT2D eigenvalue weighted by molar-refractivity contribution is -0.121. The number of nitrogens with one attached hydrogen (secondary N) is 1. The molecule has 0 heterocycles. The van der Waals surface area contributed by atoms with Gasteiger partial charge in [0.2, 0.25) is 5.91 Å². The molecule has 3 N–H and O–H groups in total. The normalized spacial score (nSPS) is 14.6. The Morgan fingerprint density at radius 2 is 1.89 bits per heavy atom. The highest BCUT2D eigenvalue weighted by Gasteiger charge is 2.23. The lowest BCUT2D eigenvalue weighted by Gasteiger charge is -2.24. The van der Waals surface area contributed by atoms with E-state index in [1.165, 1.54) is 0 Å². The summed E-state index contributed by atoms with van der Waals surface area (Å²) in [4.78, 5) is 11.4. The summed E-state index contributed by atoms with van der Waals surface area (Å²) in [5.74, 6) is -0.252. The lowest BCUT2D eigenvalue weighted by atomic mass is 10.0. The van der Waals surface area contributed by atoms with Crippen LogP contribution in [0.5, 0.6) is 0 Å². The number of halogens is 2. The van der Waals surface area contributed by atoms with Crippen molar-refractivity contribution in [3.63, 3.8) is 0 Å². The quantitative estimate of drug-likeness (QED) is 0.874. The average Bonchev–Trinajstić information content (AvgIpc) is 2.28. The Labute approximate surface area is 118 Å². The van der Waals surface area contributed by atoms with Gasteiger partial charge in [0.15, 0.2) is 0 Å². The second-order valence-corrected chi connectivity index (χ2v) is 5.44. The standard InChI is InChI=1S/C13H18Cl2N2O/c1-7(2)12(13(16)18)17-8(3)9-5-4-6-10(14)11(9)15/h4-8,12,17H,1-3H3,(H2,16,18). The van der Waals surface area contributed by atoms with Crippen molar-refractivity contribution in [3.8, 4) is 0 Å². The smallest absolute Gasteiger partial charge is 0.234 e. The molecule has 18 heavy (non-hydrogen) atoms. The molecule has 0 aliphatic carbocycles. The Morgan fingerprint density at radius 3 is 2.39 bits per heavy atom. The maximum absolute atomic E-state index is 11.4. The minimum atomic E-state index is -0.393. The molecule has 1 rings (SSSR count). The number of rotatable bonds is 5. The first kappa shape index (κ1) is 15.3. The molecule has 0 aliphatic heterocycles. The van der Waals surface area contributed by atoms with E-state index in [0.717, 1.165) is 5.56 Å². The van der Waals surface area contributed by atoms with Gasteiger partial charge in [-0.2, -0.15) is 0 Å². The zero-order valence-corrected chi connectivity index (χ0v) is 12.2. The van der Waals surface area contributed by atoms with E-state index in [2.05, 4.69) is 5.32 Å². The number of carbonyl (C=O) groups is 1. The van der Waals surface area contributed by atoms with Crippen LogP contribution in [0.25, 0.3) is 0 Å². The highest BCUT2D eigenvalue weighted by molar-refractivity contribution is 6.42. The van der Waals surface area contributed by atoms with E-state index in [1.807, 2.05) is 32.9 Å². The topological polar surface area (TPSA) is 55.1 Å². The molecule has 1 amide bonds. The zero-order chi connectivity index (χ0) is 13.9. The summed E-state index contributed by atoms with van der Waals surface area (Å²) < 4.78 is 0. The van der Waals surface area contributed by atoms with Crippen molar-refractivity contribution in [3.05, 3.63) is 33.8 Å². The van der Waals surface area contributed by atoms with Crippen LogP contribution in [0.15, 0.2) is 18.2 Å². The van der Waals surface area contributed by atoms with E-state index < -0.39 is 6.04 Å². The third-order valence-electron chi connectivity index (χ3n) is 2.85. The van der Waals surface area contributed by atoms with E-state index in [0.29, 0.717) is 10.0 Å². The van der Waals surface area contributed by atoms with E-state index >= 15 is 0 Å². The fourth-order valence-electron chi connectivity index (χ4n) is 1.82. The lowest BCUT2D eigenvalue weighted by Crippen LogP contribution is -2.45. The first-order valence-electron chi connectivity index (χ1n) is 5.83. The van der Waals surface area contributed by atoms with Gasteiger partial charge in [0.1, 0.15) is 0 Å². The summed E-state index contributed by atoms with van der Waals surface area (Å²) in [5, 5.41) is 4.19. The van der Waals surface area contributed by atoms with Crippen LogP contribution in [0.4, 0.5) is 0 Å². The van der Waals surface area contributed by atoms with E-state index in [-0.39, 0.29) is 17.9 Å². The Hall–Kier alpha value is -0.770. The summed E-state index contributed by atoms with van der Waals surface area (Å²) in [6, 6.07) is 4.94. The van der Waals surface area contributed by atoms with Crippen molar-refractivity contribution in [1.29, 1.82) is 0 Å². The predicted molar refractivity (Wildman–Crippen MR) is 75.8 cm³/mol. The minimum absolute atomic E-state index is 0.101. The van der Waals surface area contributed by atoms with Gasteiger partial charge in [-0.3, -0.25) is 10.1 Å². The third kappa shape index (κ3) is 3.61. The fourth-order valence-corrected chi connectivity index (χ4v) is 2.29. The molecule has 2 atom stereocenters. The first-order chi connectivity index (χ1) is 8.34. The molecular weight excluding hydrogens is 271 g/mol. The maximum Gasteiger partial charge on any atom is 0.234 e. The van der Waals surface area contributed by atoms with Gasteiger partial charge in [0.05, 0.1) is 16.1 Å². The fraction of sp³-hybridized carbons (Fsp3) is 0.462. The molecule has 1 aromatic carbocycles. The van der Waals surface area contributed by atoms with Crippen LogP contribution in [0.1, 0.15) is 32.4 Å². The van der Waals surface area contributed by atoms with E-state index in [4.69, 9.17) is 28.9 Å². The van der Waals surface area contributed by atoms with Gasteiger partial charge in [-0.05, 0) is 24.5 Å². The van der Waals surface area contributed by atoms with Crippen LogP contribution in [0, 0.1) is 5.92 Å². The molecule has 0 fully saturated rings. The van der Waals surface area contributed by atoms with Crippen molar-refractivity contribution in [2.24, 2.45) is 11.7 Å². The highest BCUT2D eigenvalue weighted by Crippen LogP contribution is 2.30. The third-order valence-corrected chi connectivity index (χ3v) is 3.68. The molecule has 0 aliphatic rings. The molecule has 0 aromatic heterocycles.